The zero-order chi connectivity index (χ0) is 40.8. The van der Waals surface area contributed by atoms with Gasteiger partial charge in [0.25, 0.3) is 5.91 Å². The number of halogens is 2. The second-order valence-corrected chi connectivity index (χ2v) is 17.5. The first-order valence-electron chi connectivity index (χ1n) is 20.0. The van der Waals surface area contributed by atoms with Gasteiger partial charge in [0.1, 0.15) is 11.6 Å². The molecular formula is C41H52Cl2N10O4S. The molecule has 1 aromatic carbocycles. The maximum Gasteiger partial charge on any atom is 0.258 e. The number of hydrogen-bond acceptors (Lipinski definition) is 10. The number of nitriles is 1. The third-order valence-electron chi connectivity index (χ3n) is 12.4. The number of aryl methyl sites for hydroxylation is 1. The summed E-state index contributed by atoms with van der Waals surface area (Å²) in [4.78, 5) is 64.0. The Hall–Kier alpha value is -4.20. The normalized spacial score (nSPS) is 25.4. The first kappa shape index (κ1) is 43.4. The summed E-state index contributed by atoms with van der Waals surface area (Å²) in [6.07, 6.45) is 8.52. The molecule has 310 valence electrons. The van der Waals surface area contributed by atoms with Crippen LogP contribution in [0.3, 0.4) is 0 Å². The lowest BCUT2D eigenvalue weighted by Gasteiger charge is -2.44. The highest BCUT2D eigenvalue weighted by molar-refractivity contribution is 7.80. The first-order chi connectivity index (χ1) is 27.2. The molecule has 0 spiro atoms. The molecule has 14 nitrogen and oxygen atoms in total. The fourth-order valence-corrected chi connectivity index (χ4v) is 10.3. The number of para-hydroxylation sites is 1. The molecule has 2 N–H and O–H groups in total. The predicted octanol–water partition coefficient (Wildman–Crippen LogP) is 5.52. The van der Waals surface area contributed by atoms with Gasteiger partial charge in [-0.2, -0.15) is 10.4 Å². The highest BCUT2D eigenvalue weighted by atomic mass is 35.5. The average Bonchev–Trinajstić information content (AvgIpc) is 3.58. The molecule has 3 atom stereocenters. The molecule has 1 unspecified atom stereocenters. The number of rotatable bonds is 10. The van der Waals surface area contributed by atoms with Crippen molar-refractivity contribution in [1.82, 2.24) is 34.8 Å². The number of piperazine rings is 1. The van der Waals surface area contributed by atoms with E-state index in [2.05, 4.69) is 49.3 Å². The minimum atomic E-state index is -0.804. The summed E-state index contributed by atoms with van der Waals surface area (Å²) in [5.41, 5.74) is 1.80. The van der Waals surface area contributed by atoms with E-state index in [0.29, 0.717) is 34.5 Å². The van der Waals surface area contributed by atoms with Crippen LogP contribution in [-0.4, -0.2) is 108 Å². The number of anilines is 2. The van der Waals surface area contributed by atoms with E-state index in [1.807, 2.05) is 38.1 Å². The monoisotopic (exact) mass is 850 g/mol. The Balaban J connectivity index is 0.00000567. The fraction of sp³-hybridized carbons (Fsp3) is 0.561. The number of thiocarbonyl (C=S) groups is 1. The fourth-order valence-electron chi connectivity index (χ4n) is 9.57. The van der Waals surface area contributed by atoms with Crippen LogP contribution in [0.5, 0.6) is 0 Å². The maximum absolute atomic E-state index is 13.6. The zero-order valence-electron chi connectivity index (χ0n) is 33.7. The minimum absolute atomic E-state index is 0. The lowest BCUT2D eigenvalue weighted by molar-refractivity contribution is -0.134. The number of aromatic nitrogens is 3. The third-order valence-corrected chi connectivity index (χ3v) is 13.1. The second-order valence-electron chi connectivity index (χ2n) is 16.7. The molecule has 1 saturated carbocycles. The largest absolute Gasteiger partial charge is 0.331 e. The number of nitrogens with zero attached hydrogens (tertiary/aromatic N) is 8. The number of carbonyl (C=O) groups excluding carboxylic acids is 4. The van der Waals surface area contributed by atoms with E-state index in [-0.39, 0.29) is 77.8 Å². The van der Waals surface area contributed by atoms with Gasteiger partial charge in [-0.3, -0.25) is 39.0 Å². The number of imide groups is 1. The molecule has 3 saturated heterocycles. The molecule has 4 amide bonds. The zero-order valence-corrected chi connectivity index (χ0v) is 36.1. The highest BCUT2D eigenvalue weighted by Gasteiger charge is 2.52. The lowest BCUT2D eigenvalue weighted by atomic mass is 9.82. The molecule has 7 rings (SSSR count). The predicted molar refractivity (Wildman–Crippen MR) is 229 cm³/mol. The second kappa shape index (κ2) is 17.6. The van der Waals surface area contributed by atoms with Crippen molar-refractivity contribution < 1.29 is 19.2 Å². The van der Waals surface area contributed by atoms with Crippen LogP contribution in [-0.2, 0) is 26.2 Å². The molecule has 58 heavy (non-hydrogen) atoms. The summed E-state index contributed by atoms with van der Waals surface area (Å²) in [6.45, 7) is 11.3. The molecule has 4 aliphatic rings. The SMILES string of the molecule is C[C@@H]1CN(CCCC2CCC(N3C(=S)N(c4cnc(C#N)c(Cl)c4)C(=O)C3(C)C)CC2)C[C@H](C)N1CC(=O)Nc1cccc2c(C3CCC(=O)NC3=O)nn(C)c12.Cl. The molecule has 2 aromatic heterocycles. The van der Waals surface area contributed by atoms with E-state index >= 15 is 0 Å². The number of amides is 4. The van der Waals surface area contributed by atoms with Gasteiger partial charge in [-0.15, -0.1) is 12.4 Å². The van der Waals surface area contributed by atoms with E-state index < -0.39 is 11.5 Å². The van der Waals surface area contributed by atoms with Crippen molar-refractivity contribution in [2.45, 2.75) is 109 Å². The van der Waals surface area contributed by atoms with Crippen molar-refractivity contribution in [1.29, 1.82) is 5.26 Å². The van der Waals surface area contributed by atoms with E-state index in [1.54, 1.807) is 17.8 Å². The van der Waals surface area contributed by atoms with Crippen LogP contribution in [0.2, 0.25) is 5.02 Å². The molecule has 0 bridgehead atoms. The van der Waals surface area contributed by atoms with Crippen LogP contribution in [0.4, 0.5) is 11.4 Å². The van der Waals surface area contributed by atoms with Gasteiger partial charge in [0, 0.05) is 50.1 Å². The summed E-state index contributed by atoms with van der Waals surface area (Å²) in [7, 11) is 1.80. The van der Waals surface area contributed by atoms with Gasteiger partial charge in [-0.25, -0.2) is 4.98 Å². The maximum atomic E-state index is 13.6. The molecule has 4 fully saturated rings. The van der Waals surface area contributed by atoms with Gasteiger partial charge >= 0.3 is 0 Å². The standard InChI is InChI=1S/C41H51ClN10O4S.ClH/c1-24-21-49(17-7-8-26-11-13-27(14-12-26)52-40(57)51(39(56)41(52,3)4)28-18-31(42)33(19-43)44-20-28)22-25(2)50(24)23-35(54)45-32-10-6-9-29-36(47-48(5)37(29)32)30-15-16-34(53)46-38(30)55;/h6,9-10,18,20,24-27,30H,7-8,11-17,21-23H2,1-5H3,(H,45,54)(H,46,53,55);1H/t24-,25+,26?,27?,30?;. The number of nitrogens with one attached hydrogen (secondary N) is 2. The van der Waals surface area contributed by atoms with Crippen molar-refractivity contribution in [2.75, 3.05) is 36.4 Å². The quantitative estimate of drug-likeness (QED) is 0.196. The van der Waals surface area contributed by atoms with Gasteiger partial charge in [0.15, 0.2) is 10.8 Å². The van der Waals surface area contributed by atoms with Crippen LogP contribution in [0, 0.1) is 17.2 Å². The third kappa shape index (κ3) is 8.45. The number of piperidine rings is 1. The smallest absolute Gasteiger partial charge is 0.258 e. The Labute approximate surface area is 356 Å². The average molecular weight is 852 g/mol. The minimum Gasteiger partial charge on any atom is -0.331 e. The molecular weight excluding hydrogens is 799 g/mol. The summed E-state index contributed by atoms with van der Waals surface area (Å²) in [5.74, 6) is -0.710. The lowest BCUT2D eigenvalue weighted by Crippen LogP contribution is -2.58. The van der Waals surface area contributed by atoms with Crippen LogP contribution in [0.25, 0.3) is 10.9 Å². The summed E-state index contributed by atoms with van der Waals surface area (Å²) >= 11 is 12.2. The number of carbonyl (C=O) groups is 4. The van der Waals surface area contributed by atoms with Crippen LogP contribution in [0.15, 0.2) is 30.5 Å². The van der Waals surface area contributed by atoms with Crippen molar-refractivity contribution in [3.8, 4) is 6.07 Å². The number of pyridine rings is 1. The van der Waals surface area contributed by atoms with Crippen LogP contribution in [0.1, 0.15) is 96.4 Å². The van der Waals surface area contributed by atoms with Crippen molar-refractivity contribution in [2.24, 2.45) is 13.0 Å². The van der Waals surface area contributed by atoms with E-state index in [1.165, 1.54) is 11.1 Å². The summed E-state index contributed by atoms with van der Waals surface area (Å²) in [6, 6.07) is 9.74. The molecule has 17 heteroatoms. The van der Waals surface area contributed by atoms with Crippen LogP contribution >= 0.6 is 36.2 Å². The van der Waals surface area contributed by atoms with Gasteiger partial charge in [0.05, 0.1) is 46.3 Å². The first-order valence-corrected chi connectivity index (χ1v) is 20.8. The Bertz CT molecular complexity index is 2140. The molecule has 3 aliphatic heterocycles. The van der Waals surface area contributed by atoms with Gasteiger partial charge in [0.2, 0.25) is 17.7 Å². The Kier molecular flexibility index (Phi) is 13.1. The van der Waals surface area contributed by atoms with Crippen molar-refractivity contribution in [3.05, 3.63) is 46.9 Å². The molecule has 5 heterocycles. The number of benzene rings is 1. The van der Waals surface area contributed by atoms with Crippen molar-refractivity contribution >= 4 is 87.2 Å². The Morgan fingerprint density at radius 2 is 1.81 bits per heavy atom. The Morgan fingerprint density at radius 1 is 1.10 bits per heavy atom. The van der Waals surface area contributed by atoms with E-state index in [4.69, 9.17) is 23.8 Å². The summed E-state index contributed by atoms with van der Waals surface area (Å²) in [5, 5.41) is 20.9. The highest BCUT2D eigenvalue weighted by Crippen LogP contribution is 2.40. The van der Waals surface area contributed by atoms with Gasteiger partial charge in [-0.1, -0.05) is 23.7 Å². The molecule has 0 radical (unpaired) electrons. The van der Waals surface area contributed by atoms with Gasteiger partial charge in [-0.05, 0) is 109 Å². The van der Waals surface area contributed by atoms with Crippen LogP contribution < -0.4 is 15.5 Å². The van der Waals surface area contributed by atoms with E-state index in [0.717, 1.165) is 69.1 Å². The summed E-state index contributed by atoms with van der Waals surface area (Å²) < 4.78 is 1.70. The van der Waals surface area contributed by atoms with E-state index in [9.17, 15) is 24.4 Å². The molecule has 3 aromatic rings. The number of hydrogen-bond donors (Lipinski definition) is 2. The topological polar surface area (TPSA) is 160 Å². The number of fused-ring (bicyclic) bond motifs is 1. The Morgan fingerprint density at radius 3 is 2.47 bits per heavy atom. The van der Waals surface area contributed by atoms with Crippen molar-refractivity contribution in [3.63, 3.8) is 0 Å². The molecule has 1 aliphatic carbocycles. The van der Waals surface area contributed by atoms with Gasteiger partial charge < -0.3 is 15.1 Å².